The van der Waals surface area contributed by atoms with Crippen LogP contribution in [0.5, 0.6) is 0 Å². The standard InChI is InChI=1S/C11H11F4NO4S/c1-16(5-4-10(17)18)21(19,20)9-3-2-7(12)6-8(9)11(13,14)15/h2-3,6H,4-5H2,1H3,(H,17,18). The SMILES string of the molecule is CN(CCC(=O)O)S(=O)(=O)c1ccc(F)cc1C(F)(F)F. The van der Waals surface area contributed by atoms with E-state index in [-0.39, 0.29) is 6.07 Å². The van der Waals surface area contributed by atoms with Gasteiger partial charge >= 0.3 is 12.1 Å². The first kappa shape index (κ1) is 17.4. The van der Waals surface area contributed by atoms with Crippen LogP contribution in [0.4, 0.5) is 17.6 Å². The Morgan fingerprint density at radius 1 is 1.33 bits per heavy atom. The second-order valence-electron chi connectivity index (χ2n) is 4.11. The summed E-state index contributed by atoms with van der Waals surface area (Å²) in [6.45, 7) is -0.508. The smallest absolute Gasteiger partial charge is 0.417 e. The van der Waals surface area contributed by atoms with E-state index in [0.717, 1.165) is 7.05 Å². The molecule has 0 amide bonds. The molecule has 0 aliphatic carbocycles. The fraction of sp³-hybridized carbons (Fsp3) is 0.364. The summed E-state index contributed by atoms with van der Waals surface area (Å²) in [6.07, 6.45) is -5.63. The van der Waals surface area contributed by atoms with E-state index >= 15 is 0 Å². The second-order valence-corrected chi connectivity index (χ2v) is 6.12. The third-order valence-corrected chi connectivity index (χ3v) is 4.49. The van der Waals surface area contributed by atoms with E-state index in [1.165, 1.54) is 0 Å². The quantitative estimate of drug-likeness (QED) is 0.838. The summed E-state index contributed by atoms with van der Waals surface area (Å²) in [4.78, 5) is 9.27. The molecular formula is C11H11F4NO4S. The van der Waals surface area contributed by atoms with Crippen LogP contribution < -0.4 is 0 Å². The highest BCUT2D eigenvalue weighted by Gasteiger charge is 2.38. The number of carboxylic acids is 1. The van der Waals surface area contributed by atoms with Crippen LogP contribution in [0.15, 0.2) is 23.1 Å². The molecule has 0 radical (unpaired) electrons. The second kappa shape index (κ2) is 5.98. The lowest BCUT2D eigenvalue weighted by molar-refractivity contribution is -0.140. The van der Waals surface area contributed by atoms with Crippen LogP contribution in [-0.2, 0) is 21.0 Å². The molecule has 0 fully saturated rings. The average Bonchev–Trinajstić information content (AvgIpc) is 2.34. The lowest BCUT2D eigenvalue weighted by atomic mass is 10.2. The molecule has 118 valence electrons. The highest BCUT2D eigenvalue weighted by molar-refractivity contribution is 7.89. The number of carbonyl (C=O) groups is 1. The van der Waals surface area contributed by atoms with Gasteiger partial charge in [-0.2, -0.15) is 13.2 Å². The fourth-order valence-electron chi connectivity index (χ4n) is 1.49. The molecule has 1 aromatic carbocycles. The molecule has 0 bridgehead atoms. The zero-order valence-electron chi connectivity index (χ0n) is 10.7. The molecule has 0 unspecified atom stereocenters. The summed E-state index contributed by atoms with van der Waals surface area (Å²) in [5, 5.41) is 8.47. The Bertz CT molecular complexity index is 642. The maximum absolute atomic E-state index is 12.9. The van der Waals surface area contributed by atoms with Gasteiger partial charge in [0, 0.05) is 13.6 Å². The first-order valence-electron chi connectivity index (χ1n) is 5.51. The molecule has 0 aliphatic rings. The number of alkyl halides is 3. The molecule has 0 atom stereocenters. The van der Waals surface area contributed by atoms with Gasteiger partial charge < -0.3 is 5.11 Å². The number of hydrogen-bond acceptors (Lipinski definition) is 3. The van der Waals surface area contributed by atoms with E-state index in [9.17, 15) is 30.8 Å². The third-order valence-electron chi connectivity index (χ3n) is 2.58. The summed E-state index contributed by atoms with van der Waals surface area (Å²) >= 11 is 0. The molecule has 0 spiro atoms. The first-order chi connectivity index (χ1) is 9.46. The lowest BCUT2D eigenvalue weighted by Gasteiger charge is -2.19. The largest absolute Gasteiger partial charge is 0.481 e. The molecule has 1 aromatic rings. The van der Waals surface area contributed by atoms with Crippen LogP contribution in [0.25, 0.3) is 0 Å². The van der Waals surface area contributed by atoms with Gasteiger partial charge in [-0.1, -0.05) is 0 Å². The zero-order valence-corrected chi connectivity index (χ0v) is 11.5. The van der Waals surface area contributed by atoms with Crippen molar-refractivity contribution in [2.45, 2.75) is 17.5 Å². The van der Waals surface area contributed by atoms with Crippen molar-refractivity contribution in [2.75, 3.05) is 13.6 Å². The Kier molecular flexibility index (Phi) is 4.95. The zero-order chi connectivity index (χ0) is 16.4. The van der Waals surface area contributed by atoms with Crippen molar-refractivity contribution in [2.24, 2.45) is 0 Å². The predicted molar refractivity (Wildman–Crippen MR) is 63.5 cm³/mol. The summed E-state index contributed by atoms with van der Waals surface area (Å²) < 4.78 is 75.9. The molecule has 0 aliphatic heterocycles. The van der Waals surface area contributed by atoms with Gasteiger partial charge in [0.1, 0.15) is 5.82 Å². The number of carboxylic acid groups (broad SMARTS) is 1. The minimum absolute atomic E-state index is 0.0813. The molecular weight excluding hydrogens is 318 g/mol. The monoisotopic (exact) mass is 329 g/mol. The van der Waals surface area contributed by atoms with Gasteiger partial charge in [0.05, 0.1) is 16.9 Å². The van der Waals surface area contributed by atoms with Crippen LogP contribution in [-0.4, -0.2) is 37.4 Å². The number of rotatable bonds is 5. The summed E-state index contributed by atoms with van der Waals surface area (Å²) in [7, 11) is -3.64. The summed E-state index contributed by atoms with van der Waals surface area (Å²) in [5.41, 5.74) is -1.63. The van der Waals surface area contributed by atoms with Gasteiger partial charge in [0.2, 0.25) is 10.0 Å². The minimum atomic E-state index is -5.06. The molecule has 10 heteroatoms. The maximum atomic E-state index is 12.9. The van der Waals surface area contributed by atoms with Crippen molar-refractivity contribution in [1.82, 2.24) is 4.31 Å². The normalized spacial score (nSPS) is 12.7. The van der Waals surface area contributed by atoms with Gasteiger partial charge in [0.25, 0.3) is 0 Å². The summed E-state index contributed by atoms with van der Waals surface area (Å²) in [5.74, 6) is -2.53. The topological polar surface area (TPSA) is 74.7 Å². The Morgan fingerprint density at radius 3 is 2.38 bits per heavy atom. The Morgan fingerprint density at radius 2 is 1.90 bits per heavy atom. The maximum Gasteiger partial charge on any atom is 0.417 e. The van der Waals surface area contributed by atoms with Crippen LogP contribution in [0.2, 0.25) is 0 Å². The number of halogens is 4. The highest BCUT2D eigenvalue weighted by atomic mass is 32.2. The van der Waals surface area contributed by atoms with Crippen LogP contribution in [0.1, 0.15) is 12.0 Å². The molecule has 0 aromatic heterocycles. The highest BCUT2D eigenvalue weighted by Crippen LogP contribution is 2.35. The van der Waals surface area contributed by atoms with Crippen molar-refractivity contribution in [1.29, 1.82) is 0 Å². The predicted octanol–water partition coefficient (Wildman–Crippen LogP) is 1.94. The van der Waals surface area contributed by atoms with Crippen molar-refractivity contribution in [3.63, 3.8) is 0 Å². The van der Waals surface area contributed by atoms with Gasteiger partial charge in [-0.25, -0.2) is 17.1 Å². The number of hydrogen-bond donors (Lipinski definition) is 1. The van der Waals surface area contributed by atoms with Gasteiger partial charge in [0.15, 0.2) is 0 Å². The Labute approximate surface area is 117 Å². The fourth-order valence-corrected chi connectivity index (χ4v) is 2.85. The molecule has 0 saturated carbocycles. The number of aliphatic carboxylic acids is 1. The Hall–Kier alpha value is -1.68. The number of nitrogens with zero attached hydrogens (tertiary/aromatic N) is 1. The van der Waals surface area contributed by atoms with E-state index in [1.807, 2.05) is 0 Å². The van der Waals surface area contributed by atoms with E-state index in [1.54, 1.807) is 0 Å². The molecule has 21 heavy (non-hydrogen) atoms. The van der Waals surface area contributed by atoms with Gasteiger partial charge in [-0.3, -0.25) is 4.79 Å². The van der Waals surface area contributed by atoms with E-state index in [0.29, 0.717) is 16.4 Å². The van der Waals surface area contributed by atoms with Crippen molar-refractivity contribution in [3.05, 3.63) is 29.6 Å². The van der Waals surface area contributed by atoms with E-state index in [4.69, 9.17) is 5.11 Å². The Balaban J connectivity index is 3.29. The van der Waals surface area contributed by atoms with Crippen molar-refractivity contribution >= 4 is 16.0 Å². The van der Waals surface area contributed by atoms with E-state index in [2.05, 4.69) is 0 Å². The summed E-state index contributed by atoms with van der Waals surface area (Å²) in [6, 6.07) is 1.18. The van der Waals surface area contributed by atoms with Crippen LogP contribution in [0.3, 0.4) is 0 Å². The van der Waals surface area contributed by atoms with Gasteiger partial charge in [-0.15, -0.1) is 0 Å². The molecule has 1 rings (SSSR count). The van der Waals surface area contributed by atoms with Crippen molar-refractivity contribution in [3.8, 4) is 0 Å². The number of benzene rings is 1. The van der Waals surface area contributed by atoms with Crippen molar-refractivity contribution < 1.29 is 35.9 Å². The average molecular weight is 329 g/mol. The molecule has 1 N–H and O–H groups in total. The van der Waals surface area contributed by atoms with Crippen LogP contribution >= 0.6 is 0 Å². The molecule has 0 heterocycles. The van der Waals surface area contributed by atoms with Gasteiger partial charge in [-0.05, 0) is 18.2 Å². The third kappa shape index (κ3) is 4.14. The van der Waals surface area contributed by atoms with Crippen LogP contribution in [0, 0.1) is 5.82 Å². The van der Waals surface area contributed by atoms with E-state index < -0.39 is 51.4 Å². The lowest BCUT2D eigenvalue weighted by Crippen LogP contribution is -2.31. The minimum Gasteiger partial charge on any atom is -0.481 e. The first-order valence-corrected chi connectivity index (χ1v) is 6.95. The molecule has 5 nitrogen and oxygen atoms in total. The molecule has 0 saturated heterocycles. The number of sulfonamides is 1.